The fraction of sp³-hybridized carbons (Fsp3) is 0.370. The average molecular weight is 416 g/mol. The Kier molecular flexibility index (Phi) is 7.34. The molecule has 1 fully saturated rings. The van der Waals surface area contributed by atoms with E-state index in [1.807, 2.05) is 18.3 Å². The van der Waals surface area contributed by atoms with Gasteiger partial charge in [-0.3, -0.25) is 9.88 Å². The first-order valence-corrected chi connectivity index (χ1v) is 11.3. The lowest BCUT2D eigenvalue weighted by Gasteiger charge is -2.34. The summed E-state index contributed by atoms with van der Waals surface area (Å²) >= 11 is 0. The van der Waals surface area contributed by atoms with Crippen LogP contribution in [0.25, 0.3) is 11.3 Å². The molecule has 4 rings (SSSR count). The maximum Gasteiger partial charge on any atom is 0.122 e. The summed E-state index contributed by atoms with van der Waals surface area (Å²) in [6.07, 6.45) is 2.98. The predicted octanol–water partition coefficient (Wildman–Crippen LogP) is 4.60. The van der Waals surface area contributed by atoms with E-state index in [1.54, 1.807) is 0 Å². The Bertz CT molecular complexity index is 951. The summed E-state index contributed by atoms with van der Waals surface area (Å²) in [6.45, 7) is 11.6. The van der Waals surface area contributed by atoms with E-state index in [1.165, 1.54) is 16.7 Å². The minimum absolute atomic E-state index is 0.729. The SMILES string of the molecule is Cc1cc(-c2ccccn2)c(C)cc1OCCN1CCN(CCc2ccccc2)CC1. The lowest BCUT2D eigenvalue weighted by atomic mass is 10.0. The second-order valence-electron chi connectivity index (χ2n) is 8.41. The van der Waals surface area contributed by atoms with Gasteiger partial charge in [-0.15, -0.1) is 0 Å². The van der Waals surface area contributed by atoms with Crippen molar-refractivity contribution < 1.29 is 4.74 Å². The molecule has 2 aromatic carbocycles. The van der Waals surface area contributed by atoms with Gasteiger partial charge in [0.1, 0.15) is 12.4 Å². The van der Waals surface area contributed by atoms with Crippen LogP contribution >= 0.6 is 0 Å². The zero-order valence-electron chi connectivity index (χ0n) is 18.8. The van der Waals surface area contributed by atoms with Gasteiger partial charge in [-0.2, -0.15) is 0 Å². The van der Waals surface area contributed by atoms with Crippen LogP contribution < -0.4 is 4.74 Å². The molecule has 31 heavy (non-hydrogen) atoms. The molecule has 162 valence electrons. The van der Waals surface area contributed by atoms with Gasteiger partial charge in [0.05, 0.1) is 5.69 Å². The van der Waals surface area contributed by atoms with Crippen molar-refractivity contribution in [2.75, 3.05) is 45.9 Å². The van der Waals surface area contributed by atoms with Crippen molar-refractivity contribution in [3.63, 3.8) is 0 Å². The van der Waals surface area contributed by atoms with Crippen LogP contribution in [-0.4, -0.2) is 60.7 Å². The van der Waals surface area contributed by atoms with E-state index in [0.29, 0.717) is 0 Å². The highest BCUT2D eigenvalue weighted by Crippen LogP contribution is 2.29. The number of rotatable bonds is 8. The van der Waals surface area contributed by atoms with E-state index < -0.39 is 0 Å². The quantitative estimate of drug-likeness (QED) is 0.537. The largest absolute Gasteiger partial charge is 0.492 e. The molecular weight excluding hydrogens is 382 g/mol. The average Bonchev–Trinajstić information content (AvgIpc) is 2.82. The summed E-state index contributed by atoms with van der Waals surface area (Å²) < 4.78 is 6.17. The summed E-state index contributed by atoms with van der Waals surface area (Å²) in [5, 5.41) is 0. The van der Waals surface area contributed by atoms with Crippen molar-refractivity contribution in [2.24, 2.45) is 0 Å². The van der Waals surface area contributed by atoms with Crippen molar-refractivity contribution in [3.8, 4) is 17.0 Å². The summed E-state index contributed by atoms with van der Waals surface area (Å²) in [7, 11) is 0. The normalized spacial score (nSPS) is 15.2. The minimum Gasteiger partial charge on any atom is -0.492 e. The lowest BCUT2D eigenvalue weighted by molar-refractivity contribution is 0.117. The molecule has 0 unspecified atom stereocenters. The van der Waals surface area contributed by atoms with Gasteiger partial charge in [0, 0.05) is 51.0 Å². The van der Waals surface area contributed by atoms with Crippen molar-refractivity contribution in [1.82, 2.24) is 14.8 Å². The topological polar surface area (TPSA) is 28.6 Å². The van der Waals surface area contributed by atoms with Gasteiger partial charge in [-0.25, -0.2) is 0 Å². The maximum atomic E-state index is 6.17. The Morgan fingerprint density at radius 1 is 0.806 bits per heavy atom. The van der Waals surface area contributed by atoms with Gasteiger partial charge in [0.2, 0.25) is 0 Å². The number of hydrogen-bond acceptors (Lipinski definition) is 4. The molecular formula is C27H33N3O. The van der Waals surface area contributed by atoms with Crippen molar-refractivity contribution in [2.45, 2.75) is 20.3 Å². The first kappa shape index (κ1) is 21.5. The molecule has 0 radical (unpaired) electrons. The third kappa shape index (κ3) is 5.93. The third-order valence-corrected chi connectivity index (χ3v) is 6.15. The molecule has 2 heterocycles. The van der Waals surface area contributed by atoms with Gasteiger partial charge >= 0.3 is 0 Å². The summed E-state index contributed by atoms with van der Waals surface area (Å²) in [6, 6.07) is 21.2. The molecule has 1 aliphatic heterocycles. The highest BCUT2D eigenvalue weighted by molar-refractivity contribution is 5.66. The molecule has 1 saturated heterocycles. The van der Waals surface area contributed by atoms with Crippen molar-refractivity contribution >= 4 is 0 Å². The molecule has 0 aliphatic carbocycles. The van der Waals surface area contributed by atoms with Crippen LogP contribution in [0.3, 0.4) is 0 Å². The second kappa shape index (κ2) is 10.6. The summed E-state index contributed by atoms with van der Waals surface area (Å²) in [4.78, 5) is 9.58. The van der Waals surface area contributed by atoms with Crippen molar-refractivity contribution in [1.29, 1.82) is 0 Å². The first-order valence-electron chi connectivity index (χ1n) is 11.3. The Hall–Kier alpha value is -2.69. The zero-order valence-corrected chi connectivity index (χ0v) is 18.8. The molecule has 4 heteroatoms. The van der Waals surface area contributed by atoms with E-state index in [0.717, 1.165) is 69.3 Å². The first-order chi connectivity index (χ1) is 15.2. The van der Waals surface area contributed by atoms with E-state index in [-0.39, 0.29) is 0 Å². The van der Waals surface area contributed by atoms with Crippen LogP contribution in [0, 0.1) is 13.8 Å². The molecule has 1 aliphatic rings. The van der Waals surface area contributed by atoms with Crippen LogP contribution in [0.2, 0.25) is 0 Å². The minimum atomic E-state index is 0.729. The molecule has 0 spiro atoms. The zero-order chi connectivity index (χ0) is 21.5. The predicted molar refractivity (Wildman–Crippen MR) is 128 cm³/mol. The van der Waals surface area contributed by atoms with Crippen LogP contribution in [-0.2, 0) is 6.42 Å². The number of hydrogen-bond donors (Lipinski definition) is 0. The fourth-order valence-electron chi connectivity index (χ4n) is 4.20. The van der Waals surface area contributed by atoms with Crippen LogP contribution in [0.4, 0.5) is 0 Å². The van der Waals surface area contributed by atoms with E-state index in [2.05, 4.69) is 77.2 Å². The Morgan fingerprint density at radius 2 is 1.52 bits per heavy atom. The number of benzene rings is 2. The van der Waals surface area contributed by atoms with Crippen LogP contribution in [0.1, 0.15) is 16.7 Å². The standard InChI is InChI=1S/C27H33N3O/c1-22-21-27(23(2)20-25(22)26-10-6-7-12-28-26)31-19-18-30-16-14-29(15-17-30)13-11-24-8-4-3-5-9-24/h3-10,12,20-21H,11,13-19H2,1-2H3. The molecule has 1 aromatic heterocycles. The lowest BCUT2D eigenvalue weighted by Crippen LogP contribution is -2.47. The smallest absolute Gasteiger partial charge is 0.122 e. The molecule has 0 saturated carbocycles. The summed E-state index contributed by atoms with van der Waals surface area (Å²) in [5.74, 6) is 0.985. The van der Waals surface area contributed by atoms with Gasteiger partial charge in [0.25, 0.3) is 0 Å². The highest BCUT2D eigenvalue weighted by Gasteiger charge is 2.16. The molecule has 4 nitrogen and oxygen atoms in total. The Labute approximate surface area is 186 Å². The third-order valence-electron chi connectivity index (χ3n) is 6.15. The van der Waals surface area contributed by atoms with Gasteiger partial charge in [0.15, 0.2) is 0 Å². The van der Waals surface area contributed by atoms with Gasteiger partial charge in [-0.1, -0.05) is 36.4 Å². The van der Waals surface area contributed by atoms with E-state index in [9.17, 15) is 0 Å². The molecule has 3 aromatic rings. The molecule has 0 bridgehead atoms. The maximum absolute atomic E-state index is 6.17. The van der Waals surface area contributed by atoms with Crippen LogP contribution in [0.5, 0.6) is 5.75 Å². The molecule has 0 atom stereocenters. The van der Waals surface area contributed by atoms with Crippen molar-refractivity contribution in [3.05, 3.63) is 83.6 Å². The van der Waals surface area contributed by atoms with E-state index in [4.69, 9.17) is 4.74 Å². The number of aryl methyl sites for hydroxylation is 2. The number of aromatic nitrogens is 1. The highest BCUT2D eigenvalue weighted by atomic mass is 16.5. The number of pyridine rings is 1. The Balaban J connectivity index is 1.22. The van der Waals surface area contributed by atoms with Gasteiger partial charge in [-0.05, 0) is 61.2 Å². The summed E-state index contributed by atoms with van der Waals surface area (Å²) in [5.41, 5.74) is 5.98. The molecule has 0 amide bonds. The second-order valence-corrected chi connectivity index (χ2v) is 8.41. The fourth-order valence-corrected chi connectivity index (χ4v) is 4.20. The van der Waals surface area contributed by atoms with Crippen LogP contribution in [0.15, 0.2) is 66.9 Å². The molecule has 0 N–H and O–H groups in total. The van der Waals surface area contributed by atoms with Gasteiger partial charge < -0.3 is 9.64 Å². The number of nitrogens with zero attached hydrogens (tertiary/aromatic N) is 3. The Morgan fingerprint density at radius 3 is 2.23 bits per heavy atom. The van der Waals surface area contributed by atoms with E-state index >= 15 is 0 Å². The number of piperazine rings is 1. The monoisotopic (exact) mass is 415 g/mol. The number of ether oxygens (including phenoxy) is 1.